The van der Waals surface area contributed by atoms with Crippen molar-refractivity contribution in [2.75, 3.05) is 20.1 Å². The quantitative estimate of drug-likeness (QED) is 0.866. The Hall–Kier alpha value is -1.93. The topological polar surface area (TPSA) is 86.8 Å². The van der Waals surface area contributed by atoms with Crippen molar-refractivity contribution in [2.24, 2.45) is 0 Å². The van der Waals surface area contributed by atoms with Crippen molar-refractivity contribution >= 4 is 21.8 Å². The molecule has 1 saturated heterocycles. The zero-order chi connectivity index (χ0) is 18.4. The van der Waals surface area contributed by atoms with Crippen LogP contribution >= 0.6 is 0 Å². The molecule has 1 fully saturated rings. The highest BCUT2D eigenvalue weighted by molar-refractivity contribution is 7.90. The van der Waals surface area contributed by atoms with Gasteiger partial charge in [0.15, 0.2) is 0 Å². The maximum absolute atomic E-state index is 12.8. The Morgan fingerprint density at radius 2 is 1.92 bits per heavy atom. The predicted octanol–water partition coefficient (Wildman–Crippen LogP) is 1.06. The second kappa shape index (κ2) is 6.42. The number of benzene rings is 1. The van der Waals surface area contributed by atoms with Crippen molar-refractivity contribution in [2.45, 2.75) is 43.7 Å². The number of sulfonamides is 1. The Labute approximate surface area is 148 Å². The van der Waals surface area contributed by atoms with Crippen LogP contribution in [0, 0.1) is 0 Å². The van der Waals surface area contributed by atoms with E-state index in [1.807, 2.05) is 0 Å². The number of hydrogen-bond donors (Lipinski definition) is 1. The smallest absolute Gasteiger partial charge is 0.269 e. The largest absolute Gasteiger partial charge is 0.339 e. The molecule has 0 spiro atoms. The van der Waals surface area contributed by atoms with Crippen LogP contribution in [0.25, 0.3) is 0 Å². The van der Waals surface area contributed by atoms with Crippen molar-refractivity contribution in [3.63, 3.8) is 0 Å². The first-order valence-corrected chi connectivity index (χ1v) is 9.90. The van der Waals surface area contributed by atoms with E-state index in [0.29, 0.717) is 5.56 Å². The van der Waals surface area contributed by atoms with Crippen LogP contribution in [-0.4, -0.2) is 61.7 Å². The monoisotopic (exact) mass is 365 g/mol. The SMILES string of the molecule is CC(C)N1C(=O)c2ccc(C(=O)N(C)C3CCNCC3)cc2S1(=O)=O. The van der Waals surface area contributed by atoms with Gasteiger partial charge in [0.2, 0.25) is 0 Å². The molecule has 0 bridgehead atoms. The first-order chi connectivity index (χ1) is 11.7. The van der Waals surface area contributed by atoms with Crippen LogP contribution < -0.4 is 5.32 Å². The fourth-order valence-corrected chi connectivity index (χ4v) is 5.25. The summed E-state index contributed by atoms with van der Waals surface area (Å²) in [5, 5.41) is 3.25. The van der Waals surface area contributed by atoms with Gasteiger partial charge < -0.3 is 10.2 Å². The molecule has 0 saturated carbocycles. The van der Waals surface area contributed by atoms with E-state index in [1.54, 1.807) is 25.8 Å². The fraction of sp³-hybridized carbons (Fsp3) is 0.529. The molecule has 8 heteroatoms. The van der Waals surface area contributed by atoms with Gasteiger partial charge in [-0.25, -0.2) is 12.7 Å². The molecule has 0 aliphatic carbocycles. The van der Waals surface area contributed by atoms with Gasteiger partial charge in [-0.2, -0.15) is 0 Å². The van der Waals surface area contributed by atoms with Crippen LogP contribution in [-0.2, 0) is 10.0 Å². The van der Waals surface area contributed by atoms with Crippen molar-refractivity contribution in [3.05, 3.63) is 29.3 Å². The average Bonchev–Trinajstić information content (AvgIpc) is 2.80. The Morgan fingerprint density at radius 1 is 1.28 bits per heavy atom. The highest BCUT2D eigenvalue weighted by Gasteiger charge is 2.43. The molecule has 136 valence electrons. The molecule has 25 heavy (non-hydrogen) atoms. The Bertz CT molecular complexity index is 813. The average molecular weight is 365 g/mol. The lowest BCUT2D eigenvalue weighted by Crippen LogP contribution is -2.44. The van der Waals surface area contributed by atoms with E-state index in [2.05, 4.69) is 5.32 Å². The van der Waals surface area contributed by atoms with Gasteiger partial charge in [0.05, 0.1) is 5.56 Å². The molecular weight excluding hydrogens is 342 g/mol. The van der Waals surface area contributed by atoms with Crippen molar-refractivity contribution in [3.8, 4) is 0 Å². The Balaban J connectivity index is 1.93. The third-order valence-corrected chi connectivity index (χ3v) is 6.84. The van der Waals surface area contributed by atoms with Gasteiger partial charge >= 0.3 is 0 Å². The van der Waals surface area contributed by atoms with Crippen LogP contribution in [0.3, 0.4) is 0 Å². The number of piperidine rings is 1. The summed E-state index contributed by atoms with van der Waals surface area (Å²) in [6.07, 6.45) is 1.73. The normalized spacial score (nSPS) is 20.0. The highest BCUT2D eigenvalue weighted by Crippen LogP contribution is 2.33. The fourth-order valence-electron chi connectivity index (χ4n) is 3.45. The summed E-state index contributed by atoms with van der Waals surface area (Å²) in [5.41, 5.74) is 0.427. The second-order valence-corrected chi connectivity index (χ2v) is 8.59. The molecule has 7 nitrogen and oxygen atoms in total. The number of carbonyl (C=O) groups excluding carboxylic acids is 2. The number of amides is 2. The third-order valence-electron chi connectivity index (χ3n) is 4.84. The first-order valence-electron chi connectivity index (χ1n) is 8.46. The van der Waals surface area contributed by atoms with Crippen molar-refractivity contribution in [1.29, 1.82) is 0 Å². The van der Waals surface area contributed by atoms with Crippen LogP contribution in [0.2, 0.25) is 0 Å². The molecule has 1 aromatic carbocycles. The van der Waals surface area contributed by atoms with E-state index in [1.165, 1.54) is 18.2 Å². The van der Waals surface area contributed by atoms with E-state index in [0.717, 1.165) is 30.2 Å². The minimum Gasteiger partial charge on any atom is -0.339 e. The number of hydrogen-bond acceptors (Lipinski definition) is 5. The number of rotatable bonds is 3. The summed E-state index contributed by atoms with van der Waals surface area (Å²) >= 11 is 0. The third kappa shape index (κ3) is 2.93. The second-order valence-electron chi connectivity index (χ2n) is 6.81. The molecule has 0 unspecified atom stereocenters. The minimum absolute atomic E-state index is 0.0734. The first kappa shape index (κ1) is 17.9. The van der Waals surface area contributed by atoms with E-state index in [9.17, 15) is 18.0 Å². The summed E-state index contributed by atoms with van der Waals surface area (Å²) in [6.45, 7) is 5.02. The Kier molecular flexibility index (Phi) is 4.59. The number of carbonyl (C=O) groups is 2. The van der Waals surface area contributed by atoms with Gasteiger partial charge in [0.25, 0.3) is 21.8 Å². The molecule has 3 rings (SSSR count). The summed E-state index contributed by atoms with van der Waals surface area (Å²) < 4.78 is 26.2. The van der Waals surface area contributed by atoms with Crippen LogP contribution in [0.5, 0.6) is 0 Å². The van der Waals surface area contributed by atoms with Gasteiger partial charge in [-0.3, -0.25) is 9.59 Å². The minimum atomic E-state index is -3.90. The highest BCUT2D eigenvalue weighted by atomic mass is 32.2. The maximum Gasteiger partial charge on any atom is 0.269 e. The zero-order valence-corrected chi connectivity index (χ0v) is 15.5. The van der Waals surface area contributed by atoms with Gasteiger partial charge in [-0.05, 0) is 58.0 Å². The lowest BCUT2D eigenvalue weighted by molar-refractivity contribution is 0.0702. The lowest BCUT2D eigenvalue weighted by Gasteiger charge is -2.31. The number of fused-ring (bicyclic) bond motifs is 1. The van der Waals surface area contributed by atoms with Gasteiger partial charge in [-0.15, -0.1) is 0 Å². The zero-order valence-electron chi connectivity index (χ0n) is 14.7. The van der Waals surface area contributed by atoms with Crippen LogP contribution in [0.1, 0.15) is 47.4 Å². The molecular formula is C17H23N3O4S. The van der Waals surface area contributed by atoms with E-state index in [-0.39, 0.29) is 22.4 Å². The molecule has 1 aromatic rings. The summed E-state index contributed by atoms with van der Waals surface area (Å²) in [6, 6.07) is 3.98. The van der Waals surface area contributed by atoms with Crippen molar-refractivity contribution in [1.82, 2.24) is 14.5 Å². The lowest BCUT2D eigenvalue weighted by atomic mass is 10.0. The van der Waals surface area contributed by atoms with E-state index >= 15 is 0 Å². The molecule has 1 N–H and O–H groups in total. The Morgan fingerprint density at radius 3 is 2.52 bits per heavy atom. The predicted molar refractivity (Wildman–Crippen MR) is 92.9 cm³/mol. The van der Waals surface area contributed by atoms with Gasteiger partial charge in [0.1, 0.15) is 4.90 Å². The van der Waals surface area contributed by atoms with Crippen LogP contribution in [0.4, 0.5) is 0 Å². The van der Waals surface area contributed by atoms with Crippen molar-refractivity contribution < 1.29 is 18.0 Å². The molecule has 2 aliphatic rings. The van der Waals surface area contributed by atoms with E-state index < -0.39 is 22.0 Å². The molecule has 2 aliphatic heterocycles. The molecule has 2 heterocycles. The van der Waals surface area contributed by atoms with Gasteiger partial charge in [0, 0.05) is 24.7 Å². The van der Waals surface area contributed by atoms with Gasteiger partial charge in [-0.1, -0.05) is 0 Å². The van der Waals surface area contributed by atoms with E-state index in [4.69, 9.17) is 0 Å². The standard InChI is InChI=1S/C17H23N3O4S/c1-11(2)20-17(22)14-5-4-12(10-15(14)25(20,23)24)16(21)19(3)13-6-8-18-9-7-13/h4-5,10-11,13,18H,6-9H2,1-3H3. The summed E-state index contributed by atoms with van der Waals surface area (Å²) in [5.74, 6) is -0.754. The molecule has 2 amide bonds. The molecule has 0 aromatic heterocycles. The summed E-state index contributed by atoms with van der Waals surface area (Å²) in [7, 11) is -2.16. The molecule has 0 radical (unpaired) electrons. The molecule has 0 atom stereocenters. The number of nitrogens with one attached hydrogen (secondary N) is 1. The maximum atomic E-state index is 12.8. The van der Waals surface area contributed by atoms with Crippen LogP contribution in [0.15, 0.2) is 23.1 Å². The summed E-state index contributed by atoms with van der Waals surface area (Å²) in [4.78, 5) is 26.7. The number of nitrogens with zero attached hydrogens (tertiary/aromatic N) is 2.